The molecule has 3 N–H and O–H groups in total. The van der Waals surface area contributed by atoms with Gasteiger partial charge in [0.25, 0.3) is 11.8 Å². The van der Waals surface area contributed by atoms with E-state index in [1.165, 1.54) is 24.3 Å². The van der Waals surface area contributed by atoms with Gasteiger partial charge >= 0.3 is 0 Å². The third-order valence-corrected chi connectivity index (χ3v) is 2.59. The molecule has 2 rings (SSSR count). The average Bonchev–Trinajstić information content (AvgIpc) is 2.95. The van der Waals surface area contributed by atoms with E-state index in [9.17, 15) is 18.0 Å². The van der Waals surface area contributed by atoms with Crippen molar-refractivity contribution in [3.63, 3.8) is 0 Å². The maximum Gasteiger partial charge on any atom is 0.277 e. The quantitative estimate of drug-likeness (QED) is 0.852. The summed E-state index contributed by atoms with van der Waals surface area (Å²) in [4.78, 5) is 12.7. The normalized spacial score (nSPS) is 11.4. The average molecular weight is 299 g/mol. The van der Waals surface area contributed by atoms with Crippen LogP contribution in [0.15, 0.2) is 30.5 Å². The second-order valence-corrected chi connectivity index (χ2v) is 4.24. The van der Waals surface area contributed by atoms with Crippen molar-refractivity contribution in [2.24, 2.45) is 5.73 Å². The Morgan fingerprint density at radius 1 is 1.33 bits per heavy atom. The van der Waals surface area contributed by atoms with Gasteiger partial charge < -0.3 is 11.1 Å². The van der Waals surface area contributed by atoms with Crippen molar-refractivity contribution in [3.05, 3.63) is 42.0 Å². The zero-order valence-corrected chi connectivity index (χ0v) is 10.8. The number of nitrogens with two attached hydrogens (primary N) is 1. The summed E-state index contributed by atoms with van der Waals surface area (Å²) in [5.41, 5.74) is 5.16. The zero-order chi connectivity index (χ0) is 15.5. The van der Waals surface area contributed by atoms with Crippen molar-refractivity contribution in [1.29, 1.82) is 0 Å². The SMILES string of the molecule is NCC(F)(F)CNC(=O)c1cnn(-c2ccc(F)cc2)n1. The Kier molecular flexibility index (Phi) is 4.22. The van der Waals surface area contributed by atoms with Gasteiger partial charge in [-0.15, -0.1) is 5.10 Å². The van der Waals surface area contributed by atoms with Crippen LogP contribution in [0.3, 0.4) is 0 Å². The predicted molar refractivity (Wildman–Crippen MR) is 67.7 cm³/mol. The van der Waals surface area contributed by atoms with E-state index in [0.717, 1.165) is 11.0 Å². The molecule has 0 aliphatic carbocycles. The lowest BCUT2D eigenvalue weighted by Crippen LogP contribution is -2.41. The van der Waals surface area contributed by atoms with Gasteiger partial charge in [-0.25, -0.2) is 13.2 Å². The number of nitrogens with zero attached hydrogens (tertiary/aromatic N) is 3. The molecule has 0 atom stereocenters. The van der Waals surface area contributed by atoms with Crippen molar-refractivity contribution in [1.82, 2.24) is 20.3 Å². The Labute approximate surface area is 117 Å². The highest BCUT2D eigenvalue weighted by molar-refractivity contribution is 5.91. The van der Waals surface area contributed by atoms with Crippen LogP contribution in [0.4, 0.5) is 13.2 Å². The molecular weight excluding hydrogens is 287 g/mol. The van der Waals surface area contributed by atoms with Crippen LogP contribution < -0.4 is 11.1 Å². The lowest BCUT2D eigenvalue weighted by molar-refractivity contribution is 0.0118. The molecule has 1 aromatic carbocycles. The molecule has 0 aliphatic heterocycles. The fourth-order valence-electron chi connectivity index (χ4n) is 1.44. The summed E-state index contributed by atoms with van der Waals surface area (Å²) >= 11 is 0. The van der Waals surface area contributed by atoms with Gasteiger partial charge in [-0.3, -0.25) is 4.79 Å². The van der Waals surface area contributed by atoms with Gasteiger partial charge in [0.05, 0.1) is 25.0 Å². The number of carbonyl (C=O) groups excluding carboxylic acids is 1. The molecule has 0 saturated heterocycles. The topological polar surface area (TPSA) is 85.8 Å². The van der Waals surface area contributed by atoms with E-state index in [1.54, 1.807) is 0 Å². The number of hydrogen-bond acceptors (Lipinski definition) is 4. The molecule has 0 unspecified atom stereocenters. The molecule has 2 aromatic rings. The Balaban J connectivity index is 2.06. The summed E-state index contributed by atoms with van der Waals surface area (Å²) in [6.07, 6.45) is 1.12. The highest BCUT2D eigenvalue weighted by Gasteiger charge is 2.27. The lowest BCUT2D eigenvalue weighted by Gasteiger charge is -2.13. The van der Waals surface area contributed by atoms with E-state index in [2.05, 4.69) is 10.2 Å². The van der Waals surface area contributed by atoms with Crippen LogP contribution in [0.5, 0.6) is 0 Å². The van der Waals surface area contributed by atoms with Crippen LogP contribution in [0.1, 0.15) is 10.5 Å². The number of aromatic nitrogens is 3. The van der Waals surface area contributed by atoms with Gasteiger partial charge in [-0.2, -0.15) is 9.90 Å². The van der Waals surface area contributed by atoms with Crippen molar-refractivity contribution < 1.29 is 18.0 Å². The van der Waals surface area contributed by atoms with Crippen LogP contribution in [-0.4, -0.2) is 39.9 Å². The largest absolute Gasteiger partial charge is 0.344 e. The van der Waals surface area contributed by atoms with E-state index >= 15 is 0 Å². The third-order valence-electron chi connectivity index (χ3n) is 2.59. The first kappa shape index (κ1) is 15.0. The van der Waals surface area contributed by atoms with Gasteiger partial charge in [0.15, 0.2) is 5.69 Å². The maximum atomic E-state index is 12.9. The van der Waals surface area contributed by atoms with Crippen LogP contribution in [-0.2, 0) is 0 Å². The summed E-state index contributed by atoms with van der Waals surface area (Å²) in [5.74, 6) is -4.40. The summed E-state index contributed by atoms with van der Waals surface area (Å²) in [5, 5.41) is 9.66. The van der Waals surface area contributed by atoms with E-state index in [4.69, 9.17) is 5.73 Å². The second-order valence-electron chi connectivity index (χ2n) is 4.24. The molecule has 0 radical (unpaired) electrons. The number of hydrogen-bond donors (Lipinski definition) is 2. The molecule has 112 valence electrons. The predicted octanol–water partition coefficient (Wildman–Crippen LogP) is 0.730. The molecule has 0 fully saturated rings. The van der Waals surface area contributed by atoms with E-state index in [1.807, 2.05) is 5.32 Å². The monoisotopic (exact) mass is 299 g/mol. The maximum absolute atomic E-state index is 12.9. The number of rotatable bonds is 5. The summed E-state index contributed by atoms with van der Waals surface area (Å²) in [6.45, 7) is -1.75. The summed E-state index contributed by atoms with van der Waals surface area (Å²) in [6, 6.07) is 5.25. The molecule has 9 heteroatoms. The first-order valence-corrected chi connectivity index (χ1v) is 5.96. The van der Waals surface area contributed by atoms with Crippen LogP contribution in [0.2, 0.25) is 0 Å². The first-order chi connectivity index (χ1) is 9.91. The summed E-state index contributed by atoms with van der Waals surface area (Å²) in [7, 11) is 0. The minimum atomic E-state index is -3.18. The number of benzene rings is 1. The number of halogens is 3. The van der Waals surface area contributed by atoms with Gasteiger partial charge in [-0.05, 0) is 24.3 Å². The van der Waals surface area contributed by atoms with Crippen molar-refractivity contribution >= 4 is 5.91 Å². The molecule has 0 saturated carbocycles. The van der Waals surface area contributed by atoms with Crippen LogP contribution in [0, 0.1) is 5.82 Å². The molecule has 0 spiro atoms. The highest BCUT2D eigenvalue weighted by Crippen LogP contribution is 2.10. The molecule has 0 aliphatic rings. The fourth-order valence-corrected chi connectivity index (χ4v) is 1.44. The molecule has 1 amide bonds. The Morgan fingerprint density at radius 3 is 2.62 bits per heavy atom. The van der Waals surface area contributed by atoms with E-state index in [0.29, 0.717) is 5.69 Å². The summed E-state index contributed by atoms with van der Waals surface area (Å²) < 4.78 is 38.6. The number of nitrogens with one attached hydrogen (secondary N) is 1. The minimum Gasteiger partial charge on any atom is -0.344 e. The highest BCUT2D eigenvalue weighted by atomic mass is 19.3. The second kappa shape index (κ2) is 5.92. The number of alkyl halides is 2. The molecule has 0 bridgehead atoms. The van der Waals surface area contributed by atoms with Crippen LogP contribution >= 0.6 is 0 Å². The van der Waals surface area contributed by atoms with E-state index in [-0.39, 0.29) is 5.69 Å². The lowest BCUT2D eigenvalue weighted by atomic mass is 10.3. The first-order valence-electron chi connectivity index (χ1n) is 5.96. The number of carbonyl (C=O) groups is 1. The van der Waals surface area contributed by atoms with Gasteiger partial charge in [0, 0.05) is 0 Å². The minimum absolute atomic E-state index is 0.132. The molecular formula is C12H12F3N5O. The van der Waals surface area contributed by atoms with Crippen molar-refractivity contribution in [2.75, 3.05) is 13.1 Å². The molecule has 1 heterocycles. The number of amides is 1. The standard InChI is InChI=1S/C12H12F3N5O/c13-8-1-3-9(4-2-8)20-18-5-10(19-20)11(21)17-7-12(14,15)6-16/h1-5H,6-7,16H2,(H,17,21). The van der Waals surface area contributed by atoms with Crippen LogP contribution in [0.25, 0.3) is 5.69 Å². The van der Waals surface area contributed by atoms with Crippen molar-refractivity contribution in [2.45, 2.75) is 5.92 Å². The Morgan fingerprint density at radius 2 is 2.00 bits per heavy atom. The smallest absolute Gasteiger partial charge is 0.277 e. The van der Waals surface area contributed by atoms with Crippen molar-refractivity contribution in [3.8, 4) is 5.69 Å². The zero-order valence-electron chi connectivity index (χ0n) is 10.8. The molecule has 1 aromatic heterocycles. The third kappa shape index (κ3) is 3.78. The Bertz CT molecular complexity index is 626. The van der Waals surface area contributed by atoms with Gasteiger partial charge in [-0.1, -0.05) is 0 Å². The fraction of sp³-hybridized carbons (Fsp3) is 0.250. The van der Waals surface area contributed by atoms with Gasteiger partial charge in [0.1, 0.15) is 5.82 Å². The Hall–Kier alpha value is -2.42. The van der Waals surface area contributed by atoms with E-state index < -0.39 is 30.7 Å². The van der Waals surface area contributed by atoms with Gasteiger partial charge in [0.2, 0.25) is 0 Å². The molecule has 21 heavy (non-hydrogen) atoms. The molecule has 6 nitrogen and oxygen atoms in total.